The molecule has 0 aromatic carbocycles. The maximum Gasteiger partial charge on any atom is 0.407 e. The van der Waals surface area contributed by atoms with Gasteiger partial charge in [-0.1, -0.05) is 0 Å². The molecule has 2 rings (SSSR count). The minimum Gasteiger partial charge on any atom is -0.465 e. The Morgan fingerprint density at radius 3 is 2.12 bits per heavy atom. The smallest absolute Gasteiger partial charge is 0.407 e. The molecule has 1 aliphatic carbocycles. The quantitative estimate of drug-likeness (QED) is 0.753. The Bertz CT molecular complexity index is 256. The van der Waals surface area contributed by atoms with Crippen LogP contribution in [0.15, 0.2) is 0 Å². The van der Waals surface area contributed by atoms with Crippen molar-refractivity contribution in [2.24, 2.45) is 5.92 Å². The Kier molecular flexibility index (Phi) is 4.23. The first-order valence-electron chi connectivity index (χ1n) is 6.53. The van der Waals surface area contributed by atoms with Gasteiger partial charge in [0, 0.05) is 38.8 Å². The fourth-order valence-corrected chi connectivity index (χ4v) is 2.97. The topological polar surface area (TPSA) is 64.0 Å². The van der Waals surface area contributed by atoms with E-state index in [-0.39, 0.29) is 0 Å². The zero-order chi connectivity index (χ0) is 12.3. The highest BCUT2D eigenvalue weighted by molar-refractivity contribution is 5.65. The van der Waals surface area contributed by atoms with Crippen molar-refractivity contribution in [2.45, 2.75) is 31.7 Å². The molecule has 1 heterocycles. The van der Waals surface area contributed by atoms with E-state index in [1.807, 2.05) is 0 Å². The van der Waals surface area contributed by atoms with Crippen LogP contribution in [0.2, 0.25) is 0 Å². The standard InChI is InChI=1S/C12H22N2O3/c15-9-10-1-3-11(4-2-10)13-5-7-14(8-6-13)12(16)17/h10-11,15H,1-9H2,(H,16,17). The summed E-state index contributed by atoms with van der Waals surface area (Å²) in [4.78, 5) is 14.7. The van der Waals surface area contributed by atoms with E-state index >= 15 is 0 Å². The lowest BCUT2D eigenvalue weighted by Gasteiger charge is -2.41. The van der Waals surface area contributed by atoms with E-state index in [1.54, 1.807) is 0 Å². The van der Waals surface area contributed by atoms with Gasteiger partial charge in [0.2, 0.25) is 0 Å². The molecule has 0 radical (unpaired) electrons. The molecule has 0 atom stereocenters. The van der Waals surface area contributed by atoms with Gasteiger partial charge in [0.05, 0.1) is 0 Å². The summed E-state index contributed by atoms with van der Waals surface area (Å²) in [7, 11) is 0. The molecule has 1 amide bonds. The number of aliphatic hydroxyl groups is 1. The van der Waals surface area contributed by atoms with E-state index in [1.165, 1.54) is 4.90 Å². The summed E-state index contributed by atoms with van der Waals surface area (Å²) in [5.74, 6) is 0.492. The van der Waals surface area contributed by atoms with E-state index in [0.717, 1.165) is 38.8 Å². The average Bonchev–Trinajstić information content (AvgIpc) is 2.39. The molecule has 98 valence electrons. The molecule has 2 N–H and O–H groups in total. The van der Waals surface area contributed by atoms with Crippen LogP contribution in [0.3, 0.4) is 0 Å². The molecular formula is C12H22N2O3. The summed E-state index contributed by atoms with van der Waals surface area (Å²) in [6.45, 7) is 3.31. The van der Waals surface area contributed by atoms with E-state index in [4.69, 9.17) is 10.2 Å². The van der Waals surface area contributed by atoms with Gasteiger partial charge in [-0.3, -0.25) is 4.90 Å². The number of aliphatic hydroxyl groups excluding tert-OH is 1. The van der Waals surface area contributed by atoms with E-state index < -0.39 is 6.09 Å². The molecule has 1 aliphatic heterocycles. The molecule has 1 saturated heterocycles. The number of hydrogen-bond acceptors (Lipinski definition) is 3. The second-order valence-electron chi connectivity index (χ2n) is 5.16. The molecule has 2 aliphatic rings. The molecule has 0 aromatic heterocycles. The highest BCUT2D eigenvalue weighted by Gasteiger charge is 2.28. The van der Waals surface area contributed by atoms with Crippen molar-refractivity contribution in [3.05, 3.63) is 0 Å². The largest absolute Gasteiger partial charge is 0.465 e. The van der Waals surface area contributed by atoms with Gasteiger partial charge in [-0.25, -0.2) is 4.79 Å². The Morgan fingerprint density at radius 1 is 1.06 bits per heavy atom. The molecule has 0 unspecified atom stereocenters. The monoisotopic (exact) mass is 242 g/mol. The number of piperazine rings is 1. The van der Waals surface area contributed by atoms with Crippen LogP contribution in [0.25, 0.3) is 0 Å². The highest BCUT2D eigenvalue weighted by atomic mass is 16.4. The van der Waals surface area contributed by atoms with E-state index in [2.05, 4.69) is 4.90 Å². The van der Waals surface area contributed by atoms with E-state index in [0.29, 0.717) is 31.7 Å². The van der Waals surface area contributed by atoms with Crippen LogP contribution >= 0.6 is 0 Å². The Morgan fingerprint density at radius 2 is 1.65 bits per heavy atom. The van der Waals surface area contributed by atoms with Crippen LogP contribution in [-0.4, -0.2) is 64.9 Å². The third-order valence-electron chi connectivity index (χ3n) is 4.18. The summed E-state index contributed by atoms with van der Waals surface area (Å²) in [5, 5.41) is 18.0. The van der Waals surface area contributed by atoms with Crippen molar-refractivity contribution in [2.75, 3.05) is 32.8 Å². The summed E-state index contributed by atoms with van der Waals surface area (Å²) >= 11 is 0. The lowest BCUT2D eigenvalue weighted by Crippen LogP contribution is -2.52. The van der Waals surface area contributed by atoms with E-state index in [9.17, 15) is 4.79 Å². The van der Waals surface area contributed by atoms with Crippen molar-refractivity contribution in [1.29, 1.82) is 0 Å². The van der Waals surface area contributed by atoms with Gasteiger partial charge in [0.25, 0.3) is 0 Å². The summed E-state index contributed by atoms with van der Waals surface area (Å²) in [6.07, 6.45) is 3.73. The van der Waals surface area contributed by atoms with Gasteiger partial charge in [0.1, 0.15) is 0 Å². The SMILES string of the molecule is O=C(O)N1CCN(C2CCC(CO)CC2)CC1. The predicted octanol–water partition coefficient (Wildman–Crippen LogP) is 0.833. The fourth-order valence-electron chi connectivity index (χ4n) is 2.97. The summed E-state index contributed by atoms with van der Waals surface area (Å²) in [6, 6.07) is 0.605. The van der Waals surface area contributed by atoms with Crippen molar-refractivity contribution >= 4 is 6.09 Å². The number of hydrogen-bond donors (Lipinski definition) is 2. The van der Waals surface area contributed by atoms with Gasteiger partial charge in [-0.15, -0.1) is 0 Å². The van der Waals surface area contributed by atoms with Crippen LogP contribution in [-0.2, 0) is 0 Å². The normalized spacial score (nSPS) is 31.5. The lowest BCUT2D eigenvalue weighted by atomic mass is 9.85. The predicted molar refractivity (Wildman–Crippen MR) is 64.0 cm³/mol. The van der Waals surface area contributed by atoms with Crippen molar-refractivity contribution in [3.63, 3.8) is 0 Å². The second kappa shape index (κ2) is 5.69. The second-order valence-corrected chi connectivity index (χ2v) is 5.16. The molecule has 1 saturated carbocycles. The van der Waals surface area contributed by atoms with Crippen LogP contribution in [0.1, 0.15) is 25.7 Å². The number of carbonyl (C=O) groups is 1. The number of carboxylic acid groups (broad SMARTS) is 1. The number of rotatable bonds is 2. The minimum atomic E-state index is -0.798. The van der Waals surface area contributed by atoms with Crippen LogP contribution < -0.4 is 0 Å². The summed E-state index contributed by atoms with van der Waals surface area (Å²) < 4.78 is 0. The van der Waals surface area contributed by atoms with Gasteiger partial charge in [-0.2, -0.15) is 0 Å². The minimum absolute atomic E-state index is 0.319. The average molecular weight is 242 g/mol. The molecule has 5 nitrogen and oxygen atoms in total. The molecule has 2 fully saturated rings. The maximum absolute atomic E-state index is 10.8. The number of amides is 1. The van der Waals surface area contributed by atoms with Crippen molar-refractivity contribution < 1.29 is 15.0 Å². The highest BCUT2D eigenvalue weighted by Crippen LogP contribution is 2.27. The maximum atomic E-state index is 10.8. The number of nitrogens with zero attached hydrogens (tertiary/aromatic N) is 2. The van der Waals surface area contributed by atoms with Gasteiger partial charge in [0.15, 0.2) is 0 Å². The first kappa shape index (κ1) is 12.6. The summed E-state index contributed by atoms with van der Waals surface area (Å²) in [5.41, 5.74) is 0. The van der Waals surface area contributed by atoms with Gasteiger partial charge < -0.3 is 15.1 Å². The Hall–Kier alpha value is -0.810. The van der Waals surface area contributed by atoms with Gasteiger partial charge >= 0.3 is 6.09 Å². The fraction of sp³-hybridized carbons (Fsp3) is 0.917. The molecule has 17 heavy (non-hydrogen) atoms. The van der Waals surface area contributed by atoms with Crippen molar-refractivity contribution in [3.8, 4) is 0 Å². The third kappa shape index (κ3) is 3.10. The molecular weight excluding hydrogens is 220 g/mol. The molecule has 0 bridgehead atoms. The first-order chi connectivity index (χ1) is 8.20. The zero-order valence-electron chi connectivity index (χ0n) is 10.2. The molecule has 5 heteroatoms. The Labute approximate surface area is 102 Å². The van der Waals surface area contributed by atoms with Crippen LogP contribution in [0.5, 0.6) is 0 Å². The molecule has 0 aromatic rings. The van der Waals surface area contributed by atoms with Crippen LogP contribution in [0.4, 0.5) is 4.79 Å². The van der Waals surface area contributed by atoms with Crippen molar-refractivity contribution in [1.82, 2.24) is 9.80 Å². The van der Waals surface area contributed by atoms with Gasteiger partial charge in [-0.05, 0) is 31.6 Å². The Balaban J connectivity index is 1.76. The lowest BCUT2D eigenvalue weighted by molar-refractivity contribution is 0.0602. The zero-order valence-corrected chi connectivity index (χ0v) is 10.2. The molecule has 0 spiro atoms. The first-order valence-corrected chi connectivity index (χ1v) is 6.53. The van der Waals surface area contributed by atoms with Crippen LogP contribution in [0, 0.1) is 5.92 Å². The third-order valence-corrected chi connectivity index (χ3v) is 4.18.